The van der Waals surface area contributed by atoms with E-state index in [1.807, 2.05) is 0 Å². The van der Waals surface area contributed by atoms with Crippen molar-refractivity contribution in [1.29, 1.82) is 0 Å². The number of nitro groups is 2. The van der Waals surface area contributed by atoms with Gasteiger partial charge in [0.05, 0.1) is 20.4 Å². The number of alkyl halides is 3. The number of benzene rings is 2. The fourth-order valence-corrected chi connectivity index (χ4v) is 2.06. The SMILES string of the molecule is O=[N+]([O-])c1ccccc1Oc1cc(Cl)c(C(F)(F)F)cc1[N+](=O)[O-]. The van der Waals surface area contributed by atoms with Crippen LogP contribution in [0.5, 0.6) is 11.5 Å². The van der Waals surface area contributed by atoms with E-state index in [0.717, 1.165) is 12.1 Å². The fraction of sp³-hybridized carbons (Fsp3) is 0.0769. The Kier molecular flexibility index (Phi) is 4.60. The number of para-hydroxylation sites is 2. The summed E-state index contributed by atoms with van der Waals surface area (Å²) in [6.45, 7) is 0. The molecule has 0 amide bonds. The Morgan fingerprint density at radius 1 is 0.958 bits per heavy atom. The number of hydrogen-bond acceptors (Lipinski definition) is 5. The van der Waals surface area contributed by atoms with Gasteiger partial charge in [0.15, 0.2) is 0 Å². The van der Waals surface area contributed by atoms with Crippen LogP contribution in [0.2, 0.25) is 5.02 Å². The number of nitrogens with zero attached hydrogens (tertiary/aromatic N) is 2. The summed E-state index contributed by atoms with van der Waals surface area (Å²) in [5.74, 6) is -1.02. The van der Waals surface area contributed by atoms with Gasteiger partial charge in [0.1, 0.15) is 0 Å². The van der Waals surface area contributed by atoms with E-state index in [1.165, 1.54) is 12.1 Å². The van der Waals surface area contributed by atoms with Crippen molar-refractivity contribution >= 4 is 23.0 Å². The van der Waals surface area contributed by atoms with E-state index in [9.17, 15) is 33.4 Å². The molecule has 0 saturated heterocycles. The third kappa shape index (κ3) is 3.54. The van der Waals surface area contributed by atoms with Gasteiger partial charge in [-0.05, 0) is 6.07 Å². The lowest BCUT2D eigenvalue weighted by Gasteiger charge is -2.12. The van der Waals surface area contributed by atoms with Crippen molar-refractivity contribution in [2.45, 2.75) is 6.18 Å². The predicted molar refractivity (Wildman–Crippen MR) is 76.3 cm³/mol. The monoisotopic (exact) mass is 362 g/mol. The molecule has 0 saturated carbocycles. The van der Waals surface area contributed by atoms with Gasteiger partial charge < -0.3 is 4.74 Å². The second-order valence-electron chi connectivity index (χ2n) is 4.38. The van der Waals surface area contributed by atoms with Gasteiger partial charge in [-0.3, -0.25) is 20.2 Å². The third-order valence-corrected chi connectivity index (χ3v) is 3.15. The van der Waals surface area contributed by atoms with Gasteiger partial charge in [-0.15, -0.1) is 0 Å². The van der Waals surface area contributed by atoms with Crippen molar-refractivity contribution < 1.29 is 27.8 Å². The molecular formula is C13H6ClF3N2O5. The highest BCUT2D eigenvalue weighted by molar-refractivity contribution is 6.31. The molecule has 0 aliphatic carbocycles. The van der Waals surface area contributed by atoms with Crippen molar-refractivity contribution in [1.82, 2.24) is 0 Å². The zero-order chi connectivity index (χ0) is 18.1. The maximum absolute atomic E-state index is 12.8. The molecule has 0 aromatic heterocycles. The van der Waals surface area contributed by atoms with Crippen LogP contribution in [0.15, 0.2) is 36.4 Å². The van der Waals surface area contributed by atoms with E-state index in [4.69, 9.17) is 16.3 Å². The first-order chi connectivity index (χ1) is 11.1. The smallest absolute Gasteiger partial charge is 0.418 e. The van der Waals surface area contributed by atoms with Gasteiger partial charge in [0.25, 0.3) is 0 Å². The van der Waals surface area contributed by atoms with Crippen LogP contribution in [-0.4, -0.2) is 9.85 Å². The number of halogens is 4. The molecule has 2 aromatic carbocycles. The number of ether oxygens (including phenoxy) is 1. The number of hydrogen-bond donors (Lipinski definition) is 0. The van der Waals surface area contributed by atoms with Crippen LogP contribution in [0.25, 0.3) is 0 Å². The van der Waals surface area contributed by atoms with E-state index in [-0.39, 0.29) is 11.8 Å². The van der Waals surface area contributed by atoms with Crippen molar-refractivity contribution in [3.63, 3.8) is 0 Å². The lowest BCUT2D eigenvalue weighted by atomic mass is 10.1. The molecule has 0 N–H and O–H groups in total. The van der Waals surface area contributed by atoms with Gasteiger partial charge in [0.2, 0.25) is 11.5 Å². The summed E-state index contributed by atoms with van der Waals surface area (Å²) in [4.78, 5) is 20.0. The zero-order valence-corrected chi connectivity index (χ0v) is 12.2. The number of rotatable bonds is 4. The van der Waals surface area contributed by atoms with Crippen LogP contribution in [0.1, 0.15) is 5.56 Å². The molecule has 0 heterocycles. The van der Waals surface area contributed by atoms with E-state index in [1.54, 1.807) is 0 Å². The summed E-state index contributed by atoms with van der Waals surface area (Å²) < 4.78 is 43.4. The van der Waals surface area contributed by atoms with Gasteiger partial charge in [0, 0.05) is 18.2 Å². The van der Waals surface area contributed by atoms with E-state index in [0.29, 0.717) is 6.07 Å². The first kappa shape index (κ1) is 17.5. The minimum atomic E-state index is -4.90. The molecular weight excluding hydrogens is 357 g/mol. The van der Waals surface area contributed by atoms with Crippen molar-refractivity contribution in [2.75, 3.05) is 0 Å². The maximum atomic E-state index is 12.8. The predicted octanol–water partition coefficient (Wildman–Crippen LogP) is 4.97. The van der Waals surface area contributed by atoms with Crippen LogP contribution >= 0.6 is 11.6 Å². The van der Waals surface area contributed by atoms with Crippen molar-refractivity contribution in [3.8, 4) is 11.5 Å². The highest BCUT2D eigenvalue weighted by atomic mass is 35.5. The lowest BCUT2D eigenvalue weighted by molar-refractivity contribution is -0.387. The minimum Gasteiger partial charge on any atom is -0.443 e. The normalized spacial score (nSPS) is 11.2. The largest absolute Gasteiger partial charge is 0.443 e. The third-order valence-electron chi connectivity index (χ3n) is 2.83. The molecule has 2 rings (SSSR count). The van der Waals surface area contributed by atoms with Crippen molar-refractivity contribution in [2.24, 2.45) is 0 Å². The van der Waals surface area contributed by atoms with Crippen molar-refractivity contribution in [3.05, 3.63) is 67.2 Å². The Morgan fingerprint density at radius 3 is 2.08 bits per heavy atom. The summed E-state index contributed by atoms with van der Waals surface area (Å²) in [5.41, 5.74) is -2.95. The van der Waals surface area contributed by atoms with Crippen LogP contribution in [0.3, 0.4) is 0 Å². The van der Waals surface area contributed by atoms with Crippen LogP contribution in [-0.2, 0) is 6.18 Å². The molecule has 0 aliphatic heterocycles. The van der Waals surface area contributed by atoms with Crippen LogP contribution < -0.4 is 4.74 Å². The Morgan fingerprint density at radius 2 is 1.54 bits per heavy atom. The highest BCUT2D eigenvalue weighted by Crippen LogP contribution is 2.43. The first-order valence-electron chi connectivity index (χ1n) is 6.07. The quantitative estimate of drug-likeness (QED) is 0.565. The second kappa shape index (κ2) is 6.32. The Balaban J connectivity index is 2.58. The van der Waals surface area contributed by atoms with Crippen LogP contribution in [0.4, 0.5) is 24.5 Å². The zero-order valence-electron chi connectivity index (χ0n) is 11.4. The fourth-order valence-electron chi connectivity index (χ4n) is 1.80. The second-order valence-corrected chi connectivity index (χ2v) is 4.79. The Bertz CT molecular complexity index is 826. The summed E-state index contributed by atoms with van der Waals surface area (Å²) in [5, 5.41) is 21.1. The summed E-state index contributed by atoms with van der Waals surface area (Å²) in [6, 6.07) is 5.73. The molecule has 0 bridgehead atoms. The molecule has 0 fully saturated rings. The first-order valence-corrected chi connectivity index (χ1v) is 6.45. The number of nitro benzene ring substituents is 2. The topological polar surface area (TPSA) is 95.5 Å². The molecule has 11 heteroatoms. The molecule has 126 valence electrons. The summed E-state index contributed by atoms with van der Waals surface area (Å²) >= 11 is 5.50. The van der Waals surface area contributed by atoms with E-state index >= 15 is 0 Å². The summed E-state index contributed by atoms with van der Waals surface area (Å²) in [7, 11) is 0. The molecule has 0 radical (unpaired) electrons. The minimum absolute atomic E-state index is 0.215. The Hall–Kier alpha value is -2.88. The van der Waals surface area contributed by atoms with Gasteiger partial charge in [-0.1, -0.05) is 23.7 Å². The lowest BCUT2D eigenvalue weighted by Crippen LogP contribution is -2.07. The standard InChI is InChI=1S/C13H6ClF3N2O5/c14-8-6-12(10(19(22)23)5-7(8)13(15,16)17)24-11-4-2-1-3-9(11)18(20)21/h1-6H. The summed E-state index contributed by atoms with van der Waals surface area (Å²) in [6.07, 6.45) is -4.90. The Labute approximate surface area is 136 Å². The molecule has 2 aromatic rings. The van der Waals surface area contributed by atoms with E-state index in [2.05, 4.69) is 0 Å². The average molecular weight is 363 g/mol. The molecule has 0 unspecified atom stereocenters. The maximum Gasteiger partial charge on any atom is 0.418 e. The molecule has 0 spiro atoms. The van der Waals surface area contributed by atoms with Gasteiger partial charge >= 0.3 is 17.6 Å². The molecule has 7 nitrogen and oxygen atoms in total. The van der Waals surface area contributed by atoms with E-state index < -0.39 is 43.7 Å². The van der Waals surface area contributed by atoms with Gasteiger partial charge in [-0.25, -0.2) is 0 Å². The average Bonchev–Trinajstić information content (AvgIpc) is 2.46. The van der Waals surface area contributed by atoms with Gasteiger partial charge in [-0.2, -0.15) is 13.2 Å². The molecule has 0 aliphatic rings. The van der Waals surface area contributed by atoms with Crippen LogP contribution in [0, 0.1) is 20.2 Å². The highest BCUT2D eigenvalue weighted by Gasteiger charge is 2.36. The molecule has 0 atom stereocenters. The molecule has 24 heavy (non-hydrogen) atoms.